The molecule has 0 atom stereocenters. The van der Waals surface area contributed by atoms with Gasteiger partial charge < -0.3 is 5.73 Å². The van der Waals surface area contributed by atoms with E-state index < -0.39 is 0 Å². The zero-order valence-corrected chi connectivity index (χ0v) is 11.7. The molecule has 4 nitrogen and oxygen atoms in total. The summed E-state index contributed by atoms with van der Waals surface area (Å²) in [5.41, 5.74) is 8.08. The first kappa shape index (κ1) is 13.8. The minimum atomic E-state index is -0.0658. The van der Waals surface area contributed by atoms with Crippen LogP contribution in [0.2, 0.25) is 5.02 Å². The Morgan fingerprint density at radius 2 is 2.05 bits per heavy atom. The molecule has 0 aliphatic rings. The lowest BCUT2D eigenvalue weighted by Crippen LogP contribution is -2.24. The SMILES string of the molecule is Cc1cc(=O)n(Cc2ccc(CN)cc2Cl)c(C)n1. The van der Waals surface area contributed by atoms with Crippen LogP contribution in [0.1, 0.15) is 22.6 Å². The summed E-state index contributed by atoms with van der Waals surface area (Å²) in [6.07, 6.45) is 0. The Balaban J connectivity index is 2.39. The largest absolute Gasteiger partial charge is 0.326 e. The molecule has 0 saturated heterocycles. The van der Waals surface area contributed by atoms with Crippen LogP contribution in [0.25, 0.3) is 0 Å². The molecule has 0 spiro atoms. The van der Waals surface area contributed by atoms with Gasteiger partial charge in [-0.25, -0.2) is 4.98 Å². The summed E-state index contributed by atoms with van der Waals surface area (Å²) in [6, 6.07) is 7.17. The first-order chi connectivity index (χ1) is 9.01. The Labute approximate surface area is 116 Å². The fourth-order valence-electron chi connectivity index (χ4n) is 1.97. The topological polar surface area (TPSA) is 60.9 Å². The van der Waals surface area contributed by atoms with E-state index in [1.807, 2.05) is 32.0 Å². The second kappa shape index (κ2) is 5.55. The van der Waals surface area contributed by atoms with E-state index >= 15 is 0 Å². The van der Waals surface area contributed by atoms with Crippen LogP contribution in [-0.2, 0) is 13.1 Å². The highest BCUT2D eigenvalue weighted by atomic mass is 35.5. The number of nitrogens with two attached hydrogens (primary N) is 1. The van der Waals surface area contributed by atoms with E-state index in [2.05, 4.69) is 4.98 Å². The Kier molecular flexibility index (Phi) is 4.02. The third kappa shape index (κ3) is 3.03. The summed E-state index contributed by atoms with van der Waals surface area (Å²) < 4.78 is 1.61. The molecule has 0 amide bonds. The first-order valence-electron chi connectivity index (χ1n) is 6.03. The second-order valence-corrected chi connectivity index (χ2v) is 4.91. The molecule has 1 heterocycles. The molecule has 0 fully saturated rings. The molecule has 19 heavy (non-hydrogen) atoms. The third-order valence-electron chi connectivity index (χ3n) is 3.01. The van der Waals surface area contributed by atoms with Gasteiger partial charge in [0.05, 0.1) is 6.54 Å². The number of rotatable bonds is 3. The van der Waals surface area contributed by atoms with Crippen molar-refractivity contribution >= 4 is 11.6 Å². The van der Waals surface area contributed by atoms with Crippen molar-refractivity contribution in [1.29, 1.82) is 0 Å². The van der Waals surface area contributed by atoms with E-state index in [1.54, 1.807) is 4.57 Å². The van der Waals surface area contributed by atoms with E-state index in [9.17, 15) is 4.79 Å². The van der Waals surface area contributed by atoms with Crippen molar-refractivity contribution in [2.24, 2.45) is 5.73 Å². The normalized spacial score (nSPS) is 10.7. The maximum absolute atomic E-state index is 12.0. The minimum Gasteiger partial charge on any atom is -0.326 e. The predicted octanol–water partition coefficient (Wildman–Crippen LogP) is 2.02. The standard InChI is InChI=1S/C14H16ClN3O/c1-9-5-14(19)18(10(2)17-9)8-12-4-3-11(7-16)6-13(12)15/h3-6H,7-8,16H2,1-2H3. The predicted molar refractivity (Wildman–Crippen MR) is 76.4 cm³/mol. The van der Waals surface area contributed by atoms with Crippen LogP contribution in [0, 0.1) is 13.8 Å². The lowest BCUT2D eigenvalue weighted by molar-refractivity contribution is 0.694. The number of aromatic nitrogens is 2. The maximum atomic E-state index is 12.0. The fraction of sp³-hybridized carbons (Fsp3) is 0.286. The van der Waals surface area contributed by atoms with Crippen molar-refractivity contribution in [3.63, 3.8) is 0 Å². The summed E-state index contributed by atoms with van der Waals surface area (Å²) in [6.45, 7) is 4.49. The second-order valence-electron chi connectivity index (χ2n) is 4.50. The van der Waals surface area contributed by atoms with Gasteiger partial charge in [-0.1, -0.05) is 23.7 Å². The van der Waals surface area contributed by atoms with Gasteiger partial charge in [0.15, 0.2) is 0 Å². The van der Waals surface area contributed by atoms with E-state index in [4.69, 9.17) is 17.3 Å². The molecule has 1 aromatic carbocycles. The molecular weight excluding hydrogens is 262 g/mol. The summed E-state index contributed by atoms with van der Waals surface area (Å²) in [5, 5.41) is 0.620. The zero-order chi connectivity index (χ0) is 14.0. The Morgan fingerprint density at radius 1 is 1.32 bits per heavy atom. The average molecular weight is 278 g/mol. The van der Waals surface area contributed by atoms with Crippen molar-refractivity contribution in [2.45, 2.75) is 26.9 Å². The van der Waals surface area contributed by atoms with Crippen LogP contribution in [0.3, 0.4) is 0 Å². The molecule has 2 aromatic rings. The number of nitrogens with zero attached hydrogens (tertiary/aromatic N) is 2. The van der Waals surface area contributed by atoms with E-state index in [1.165, 1.54) is 6.07 Å². The van der Waals surface area contributed by atoms with Gasteiger partial charge in [0.25, 0.3) is 5.56 Å². The highest BCUT2D eigenvalue weighted by Gasteiger charge is 2.07. The number of halogens is 1. The molecule has 100 valence electrons. The number of hydrogen-bond donors (Lipinski definition) is 1. The van der Waals surface area contributed by atoms with Crippen molar-refractivity contribution in [3.05, 3.63) is 62.3 Å². The van der Waals surface area contributed by atoms with Crippen molar-refractivity contribution in [1.82, 2.24) is 9.55 Å². The van der Waals surface area contributed by atoms with Gasteiger partial charge in [0, 0.05) is 23.3 Å². The van der Waals surface area contributed by atoms with Crippen LogP contribution in [0.5, 0.6) is 0 Å². The molecule has 1 aromatic heterocycles. The number of aryl methyl sites for hydroxylation is 2. The van der Waals surface area contributed by atoms with Gasteiger partial charge in [-0.2, -0.15) is 0 Å². The molecule has 2 N–H and O–H groups in total. The summed E-state index contributed by atoms with van der Waals surface area (Å²) in [5.74, 6) is 0.684. The van der Waals surface area contributed by atoms with Crippen LogP contribution in [0.4, 0.5) is 0 Å². The molecular formula is C14H16ClN3O. The minimum absolute atomic E-state index is 0.0658. The van der Waals surface area contributed by atoms with Gasteiger partial charge in [0.2, 0.25) is 0 Å². The molecule has 0 saturated carbocycles. The molecule has 0 radical (unpaired) electrons. The average Bonchev–Trinajstić information content (AvgIpc) is 2.35. The van der Waals surface area contributed by atoms with E-state index in [0.29, 0.717) is 23.9 Å². The van der Waals surface area contributed by atoms with Crippen LogP contribution in [-0.4, -0.2) is 9.55 Å². The van der Waals surface area contributed by atoms with E-state index in [-0.39, 0.29) is 5.56 Å². The molecule has 5 heteroatoms. The first-order valence-corrected chi connectivity index (χ1v) is 6.41. The quantitative estimate of drug-likeness (QED) is 0.934. The van der Waals surface area contributed by atoms with Gasteiger partial charge in [-0.3, -0.25) is 9.36 Å². The van der Waals surface area contributed by atoms with Crippen molar-refractivity contribution in [2.75, 3.05) is 0 Å². The van der Waals surface area contributed by atoms with E-state index in [0.717, 1.165) is 16.8 Å². The van der Waals surface area contributed by atoms with Crippen LogP contribution < -0.4 is 11.3 Å². The maximum Gasteiger partial charge on any atom is 0.254 e. The highest BCUT2D eigenvalue weighted by Crippen LogP contribution is 2.18. The lowest BCUT2D eigenvalue weighted by atomic mass is 10.1. The van der Waals surface area contributed by atoms with Crippen LogP contribution >= 0.6 is 11.6 Å². The third-order valence-corrected chi connectivity index (χ3v) is 3.36. The molecule has 2 rings (SSSR count). The highest BCUT2D eigenvalue weighted by molar-refractivity contribution is 6.31. The summed E-state index contributed by atoms with van der Waals surface area (Å²) in [7, 11) is 0. The Bertz CT molecular complexity index is 664. The molecule has 0 unspecified atom stereocenters. The molecule has 0 aliphatic heterocycles. The number of benzene rings is 1. The van der Waals surface area contributed by atoms with Crippen molar-refractivity contribution in [3.8, 4) is 0 Å². The Morgan fingerprint density at radius 3 is 2.63 bits per heavy atom. The zero-order valence-electron chi connectivity index (χ0n) is 11.0. The fourth-order valence-corrected chi connectivity index (χ4v) is 2.24. The van der Waals surface area contributed by atoms with Gasteiger partial charge in [0.1, 0.15) is 5.82 Å². The lowest BCUT2D eigenvalue weighted by Gasteiger charge is -2.11. The monoisotopic (exact) mass is 277 g/mol. The van der Waals surface area contributed by atoms with Gasteiger partial charge in [-0.15, -0.1) is 0 Å². The molecule has 0 bridgehead atoms. The molecule has 0 aliphatic carbocycles. The smallest absolute Gasteiger partial charge is 0.254 e. The van der Waals surface area contributed by atoms with Crippen molar-refractivity contribution < 1.29 is 0 Å². The number of hydrogen-bond acceptors (Lipinski definition) is 3. The summed E-state index contributed by atoms with van der Waals surface area (Å²) in [4.78, 5) is 16.3. The van der Waals surface area contributed by atoms with Gasteiger partial charge in [-0.05, 0) is 31.0 Å². The van der Waals surface area contributed by atoms with Gasteiger partial charge >= 0.3 is 0 Å². The summed E-state index contributed by atoms with van der Waals surface area (Å²) >= 11 is 6.20. The Hall–Kier alpha value is -1.65. The van der Waals surface area contributed by atoms with Crippen LogP contribution in [0.15, 0.2) is 29.1 Å².